The molecular weight excluding hydrogens is 554 g/mol. The van der Waals surface area contributed by atoms with Crippen molar-refractivity contribution in [3.63, 3.8) is 0 Å². The van der Waals surface area contributed by atoms with Crippen LogP contribution in [0.1, 0.15) is 21.5 Å². The molecule has 0 aliphatic rings. The third-order valence-corrected chi connectivity index (χ3v) is 6.73. The molecule has 3 rings (SSSR count). The van der Waals surface area contributed by atoms with Gasteiger partial charge >= 0.3 is 6.03 Å². The number of nitrogens with one attached hydrogen (secondary N) is 4. The molecule has 0 aliphatic carbocycles. The van der Waals surface area contributed by atoms with Crippen LogP contribution in [0.15, 0.2) is 76.5 Å². The minimum Gasteiger partial charge on any atom is -0.398 e. The van der Waals surface area contributed by atoms with Crippen molar-refractivity contribution >= 4 is 40.8 Å². The fourth-order valence-electron chi connectivity index (χ4n) is 3.59. The average molecular weight is 590 g/mol. The molecule has 0 heterocycles. The molecular formula is C31H35N5O5S. The highest BCUT2D eigenvalue weighted by Crippen LogP contribution is 2.32. The van der Waals surface area contributed by atoms with Crippen LogP contribution in [-0.2, 0) is 14.2 Å². The molecule has 0 bridgehead atoms. The Bertz CT molecular complexity index is 1440. The fraction of sp³-hybridized carbons (Fsp3) is 0.258. The van der Waals surface area contributed by atoms with Crippen molar-refractivity contribution in [2.45, 2.75) is 9.79 Å². The van der Waals surface area contributed by atoms with E-state index in [-0.39, 0.29) is 17.6 Å². The molecule has 0 aliphatic heterocycles. The lowest BCUT2D eigenvalue weighted by molar-refractivity contribution is 0.0260. The number of hydrogen-bond acceptors (Lipinski definition) is 8. The summed E-state index contributed by atoms with van der Waals surface area (Å²) in [5.74, 6) is 5.63. The number of hydrogen-bond donors (Lipinski definition) is 5. The summed E-state index contributed by atoms with van der Waals surface area (Å²) in [6.45, 7) is 2.67. The minimum absolute atomic E-state index is 0.0648. The quantitative estimate of drug-likeness (QED) is 0.0826. The maximum Gasteiger partial charge on any atom is 0.319 e. The van der Waals surface area contributed by atoms with E-state index >= 15 is 0 Å². The first-order valence-electron chi connectivity index (χ1n) is 13.2. The van der Waals surface area contributed by atoms with Crippen molar-refractivity contribution in [2.24, 2.45) is 0 Å². The molecule has 6 N–H and O–H groups in total. The number of benzene rings is 3. The summed E-state index contributed by atoms with van der Waals surface area (Å²) in [6.07, 6.45) is 0. The van der Waals surface area contributed by atoms with E-state index in [0.29, 0.717) is 67.6 Å². The van der Waals surface area contributed by atoms with Gasteiger partial charge in [-0.2, -0.15) is 0 Å². The lowest BCUT2D eigenvalue weighted by Crippen LogP contribution is -2.31. The standard InChI is InChI=1S/C31H35N5O5S/c1-34-30(37)26-8-3-4-9-29(26)42-24-11-12-25(28(33)21-24)27(32)13-10-22-6-5-7-23(20-22)36-31(38)35-14-15-40-18-19-41-17-16-39-2/h3-9,11-12,20-21,32H,14-19,33H2,1-2H3,(H,34,37)(H2,35,36,38). The van der Waals surface area contributed by atoms with Gasteiger partial charge in [0, 0.05) is 53.0 Å². The van der Waals surface area contributed by atoms with Crippen LogP contribution in [0, 0.1) is 17.3 Å². The number of methoxy groups -OCH3 is 1. The number of nitrogen functional groups attached to an aromatic ring is 1. The Hall–Kier alpha value is -4.34. The number of carbonyl (C=O) groups excluding carboxylic acids is 2. The second kappa shape index (κ2) is 17.5. The molecule has 10 nitrogen and oxygen atoms in total. The van der Waals surface area contributed by atoms with Gasteiger partial charge in [-0.3, -0.25) is 10.2 Å². The van der Waals surface area contributed by atoms with Crippen LogP contribution in [0.5, 0.6) is 0 Å². The number of ether oxygens (including phenoxy) is 3. The van der Waals surface area contributed by atoms with Gasteiger partial charge in [-0.1, -0.05) is 35.9 Å². The van der Waals surface area contributed by atoms with E-state index in [1.807, 2.05) is 24.3 Å². The van der Waals surface area contributed by atoms with Crippen LogP contribution in [-0.4, -0.2) is 71.4 Å². The van der Waals surface area contributed by atoms with Crippen LogP contribution < -0.4 is 21.7 Å². The van der Waals surface area contributed by atoms with E-state index in [1.165, 1.54) is 11.8 Å². The van der Waals surface area contributed by atoms with Gasteiger partial charge in [0.2, 0.25) is 0 Å². The Labute approximate surface area is 250 Å². The summed E-state index contributed by atoms with van der Waals surface area (Å²) in [5.41, 5.74) is 9.01. The van der Waals surface area contributed by atoms with E-state index < -0.39 is 0 Å². The number of urea groups is 1. The average Bonchev–Trinajstić information content (AvgIpc) is 2.99. The number of anilines is 2. The molecule has 0 saturated carbocycles. The molecule has 0 unspecified atom stereocenters. The first-order valence-corrected chi connectivity index (χ1v) is 14.0. The Balaban J connectivity index is 1.52. The summed E-state index contributed by atoms with van der Waals surface area (Å²) >= 11 is 1.42. The van der Waals surface area contributed by atoms with Gasteiger partial charge in [-0.25, -0.2) is 4.79 Å². The summed E-state index contributed by atoms with van der Waals surface area (Å²) in [6, 6.07) is 19.4. The second-order valence-corrected chi connectivity index (χ2v) is 9.85. The molecule has 0 fully saturated rings. The SMILES string of the molecule is CNC(=O)c1ccccc1Sc1ccc(C(=N)C#Cc2cccc(NC(=O)NCCOCCOCCOC)c2)c(N)c1. The first kappa shape index (κ1) is 32.2. The van der Waals surface area contributed by atoms with Gasteiger partial charge in [0.05, 0.1) is 38.6 Å². The number of amides is 3. The highest BCUT2D eigenvalue weighted by atomic mass is 32.2. The number of carbonyl (C=O) groups is 2. The molecule has 42 heavy (non-hydrogen) atoms. The Kier molecular flexibility index (Phi) is 13.4. The maximum atomic E-state index is 12.2. The van der Waals surface area contributed by atoms with Gasteiger partial charge in [-0.15, -0.1) is 0 Å². The van der Waals surface area contributed by atoms with Crippen molar-refractivity contribution < 1.29 is 23.8 Å². The maximum absolute atomic E-state index is 12.2. The topological polar surface area (TPSA) is 148 Å². The van der Waals surface area contributed by atoms with Crippen molar-refractivity contribution in [1.29, 1.82) is 5.41 Å². The lowest BCUT2D eigenvalue weighted by atomic mass is 10.1. The normalized spacial score (nSPS) is 10.3. The minimum atomic E-state index is -0.364. The van der Waals surface area contributed by atoms with E-state index in [9.17, 15) is 9.59 Å². The second-order valence-electron chi connectivity index (χ2n) is 8.73. The van der Waals surface area contributed by atoms with E-state index in [2.05, 4.69) is 27.8 Å². The van der Waals surface area contributed by atoms with Crippen molar-refractivity contribution in [3.05, 3.63) is 83.4 Å². The predicted molar refractivity (Wildman–Crippen MR) is 165 cm³/mol. The zero-order valence-electron chi connectivity index (χ0n) is 23.6. The van der Waals surface area contributed by atoms with Gasteiger partial charge in [0.15, 0.2) is 0 Å². The highest BCUT2D eigenvalue weighted by molar-refractivity contribution is 7.99. The largest absolute Gasteiger partial charge is 0.398 e. The van der Waals surface area contributed by atoms with Crippen LogP contribution >= 0.6 is 11.8 Å². The molecule has 0 aromatic heterocycles. The van der Waals surface area contributed by atoms with E-state index in [1.54, 1.807) is 56.6 Å². The van der Waals surface area contributed by atoms with E-state index in [4.69, 9.17) is 25.4 Å². The molecule has 3 aromatic carbocycles. The lowest BCUT2D eigenvalue weighted by Gasteiger charge is -2.10. The van der Waals surface area contributed by atoms with Gasteiger partial charge in [0.1, 0.15) is 5.71 Å². The van der Waals surface area contributed by atoms with Crippen molar-refractivity contribution in [3.8, 4) is 11.8 Å². The van der Waals surface area contributed by atoms with E-state index in [0.717, 1.165) is 9.79 Å². The van der Waals surface area contributed by atoms with Crippen molar-refractivity contribution in [2.75, 3.05) is 64.8 Å². The fourth-order valence-corrected chi connectivity index (χ4v) is 4.58. The van der Waals surface area contributed by atoms with Crippen LogP contribution in [0.4, 0.5) is 16.2 Å². The summed E-state index contributed by atoms with van der Waals surface area (Å²) in [4.78, 5) is 26.0. The zero-order valence-corrected chi connectivity index (χ0v) is 24.4. The van der Waals surface area contributed by atoms with Crippen LogP contribution in [0.2, 0.25) is 0 Å². The van der Waals surface area contributed by atoms with Crippen LogP contribution in [0.25, 0.3) is 0 Å². The zero-order chi connectivity index (χ0) is 30.2. The van der Waals surface area contributed by atoms with Crippen molar-refractivity contribution in [1.82, 2.24) is 10.6 Å². The predicted octanol–water partition coefficient (Wildman–Crippen LogP) is 4.00. The highest BCUT2D eigenvalue weighted by Gasteiger charge is 2.12. The number of nitrogens with two attached hydrogens (primary N) is 1. The molecule has 0 radical (unpaired) electrons. The smallest absolute Gasteiger partial charge is 0.319 e. The number of rotatable bonds is 14. The van der Waals surface area contributed by atoms with Gasteiger partial charge in [-0.05, 0) is 54.5 Å². The molecule has 11 heteroatoms. The molecule has 0 spiro atoms. The molecule has 0 atom stereocenters. The third kappa shape index (κ3) is 10.6. The third-order valence-electron chi connectivity index (χ3n) is 5.67. The molecule has 3 amide bonds. The summed E-state index contributed by atoms with van der Waals surface area (Å²) in [5, 5.41) is 16.6. The van der Waals surface area contributed by atoms with Gasteiger partial charge < -0.3 is 35.9 Å². The van der Waals surface area contributed by atoms with Gasteiger partial charge in [0.25, 0.3) is 5.91 Å². The molecule has 3 aromatic rings. The Morgan fingerprint density at radius 2 is 1.69 bits per heavy atom. The Morgan fingerprint density at radius 1 is 0.929 bits per heavy atom. The molecule has 0 saturated heterocycles. The Morgan fingerprint density at radius 3 is 2.45 bits per heavy atom. The monoisotopic (exact) mass is 589 g/mol. The summed E-state index contributed by atoms with van der Waals surface area (Å²) < 4.78 is 15.6. The first-order chi connectivity index (χ1) is 20.4. The molecule has 220 valence electrons. The summed E-state index contributed by atoms with van der Waals surface area (Å²) in [7, 11) is 3.21. The van der Waals surface area contributed by atoms with Crippen LogP contribution in [0.3, 0.4) is 0 Å².